The first-order valence-corrected chi connectivity index (χ1v) is 20.8. The molecule has 0 radical (unpaired) electrons. The molecule has 5 heteroatoms. The number of ether oxygens (including phenoxy) is 2. The zero-order chi connectivity index (χ0) is 36.4. The van der Waals surface area contributed by atoms with Gasteiger partial charge in [0.1, 0.15) is 6.61 Å². The number of carbonyl (C=O) groups excluding carboxylic acids is 2. The minimum Gasteiger partial charge on any atom is -0.462 e. The summed E-state index contributed by atoms with van der Waals surface area (Å²) >= 11 is 0. The summed E-state index contributed by atoms with van der Waals surface area (Å²) in [5.74, 6) is -0.641. The van der Waals surface area contributed by atoms with Gasteiger partial charge in [-0.1, -0.05) is 164 Å². The van der Waals surface area contributed by atoms with E-state index in [1.807, 2.05) is 0 Å². The molecule has 5 nitrogen and oxygen atoms in total. The van der Waals surface area contributed by atoms with E-state index in [1.165, 1.54) is 103 Å². The lowest BCUT2D eigenvalue weighted by atomic mass is 10.0. The largest absolute Gasteiger partial charge is 0.462 e. The second-order valence-corrected chi connectivity index (χ2v) is 13.7. The lowest BCUT2D eigenvalue weighted by Crippen LogP contribution is -2.28. The molecule has 0 heterocycles. The van der Waals surface area contributed by atoms with Crippen molar-refractivity contribution >= 4 is 11.9 Å². The van der Waals surface area contributed by atoms with Crippen molar-refractivity contribution in [3.05, 3.63) is 60.8 Å². The van der Waals surface area contributed by atoms with Crippen LogP contribution < -0.4 is 0 Å². The highest BCUT2D eigenvalue weighted by Gasteiger charge is 2.16. The maximum Gasteiger partial charge on any atom is 0.306 e. The van der Waals surface area contributed by atoms with Gasteiger partial charge in [0.05, 0.1) is 6.61 Å². The van der Waals surface area contributed by atoms with Gasteiger partial charge >= 0.3 is 11.9 Å². The Kier molecular flexibility index (Phi) is 39.1. The molecule has 0 aromatic heterocycles. The average molecular weight is 699 g/mol. The molecule has 0 amide bonds. The molecule has 0 saturated heterocycles. The van der Waals surface area contributed by atoms with Gasteiger partial charge in [0, 0.05) is 12.8 Å². The molecule has 0 aromatic rings. The van der Waals surface area contributed by atoms with Crippen LogP contribution in [0.3, 0.4) is 0 Å². The number of carbonyl (C=O) groups is 2. The van der Waals surface area contributed by atoms with Crippen LogP contribution >= 0.6 is 0 Å². The number of hydrogen-bond acceptors (Lipinski definition) is 5. The third-order valence-electron chi connectivity index (χ3n) is 8.80. The minimum atomic E-state index is -0.794. The number of hydrogen-bond donors (Lipinski definition) is 1. The van der Waals surface area contributed by atoms with Crippen molar-refractivity contribution in [1.29, 1.82) is 0 Å². The van der Waals surface area contributed by atoms with Crippen molar-refractivity contribution in [3.63, 3.8) is 0 Å². The van der Waals surface area contributed by atoms with Gasteiger partial charge in [-0.15, -0.1) is 0 Å². The fourth-order valence-corrected chi connectivity index (χ4v) is 5.66. The smallest absolute Gasteiger partial charge is 0.306 e. The van der Waals surface area contributed by atoms with Gasteiger partial charge in [-0.2, -0.15) is 0 Å². The van der Waals surface area contributed by atoms with E-state index in [9.17, 15) is 14.7 Å². The summed E-state index contributed by atoms with van der Waals surface area (Å²) in [6.45, 7) is 3.98. The van der Waals surface area contributed by atoms with Gasteiger partial charge < -0.3 is 14.6 Å². The molecule has 0 aliphatic rings. The van der Waals surface area contributed by atoms with Crippen LogP contribution in [-0.4, -0.2) is 36.4 Å². The highest BCUT2D eigenvalue weighted by Crippen LogP contribution is 2.14. The Labute approximate surface area is 309 Å². The molecule has 0 spiro atoms. The third-order valence-corrected chi connectivity index (χ3v) is 8.80. The Morgan fingerprint density at radius 1 is 0.480 bits per heavy atom. The number of aliphatic hydroxyl groups is 1. The Balaban J connectivity index is 3.58. The predicted octanol–water partition coefficient (Wildman–Crippen LogP) is 13.2. The molecule has 1 atom stereocenters. The summed E-state index contributed by atoms with van der Waals surface area (Å²) in [6.07, 6.45) is 52.9. The molecule has 1 N–H and O–H groups in total. The van der Waals surface area contributed by atoms with Gasteiger partial charge in [-0.05, 0) is 77.0 Å². The highest BCUT2D eigenvalue weighted by atomic mass is 16.6. The molecule has 0 aliphatic heterocycles. The molecule has 0 bridgehead atoms. The van der Waals surface area contributed by atoms with Crippen molar-refractivity contribution in [2.45, 2.75) is 200 Å². The summed E-state index contributed by atoms with van der Waals surface area (Å²) in [4.78, 5) is 24.3. The summed E-state index contributed by atoms with van der Waals surface area (Å²) in [7, 11) is 0. The quantitative estimate of drug-likeness (QED) is 0.0397. The number of rotatable bonds is 37. The molecule has 0 aliphatic carbocycles. The number of esters is 2. The van der Waals surface area contributed by atoms with E-state index in [0.29, 0.717) is 12.8 Å². The first-order chi connectivity index (χ1) is 24.6. The number of allylic oxidation sites excluding steroid dienone is 10. The normalized spacial score (nSPS) is 12.8. The van der Waals surface area contributed by atoms with E-state index in [2.05, 4.69) is 74.6 Å². The van der Waals surface area contributed by atoms with Crippen LogP contribution in [0, 0.1) is 0 Å². The van der Waals surface area contributed by atoms with E-state index in [-0.39, 0.29) is 25.2 Å². The van der Waals surface area contributed by atoms with Gasteiger partial charge in [-0.3, -0.25) is 9.59 Å². The molecule has 50 heavy (non-hydrogen) atoms. The molecule has 0 unspecified atom stereocenters. The SMILES string of the molecule is CCC=CCC=CCC=CCC=CCCCCC(=O)O[C@@H](CO)COC(=O)CCCCCCCCCCCCCC=CCCCCCCCC. The first-order valence-electron chi connectivity index (χ1n) is 20.8. The topological polar surface area (TPSA) is 72.8 Å². The summed E-state index contributed by atoms with van der Waals surface area (Å²) in [5, 5.41) is 9.56. The van der Waals surface area contributed by atoms with Crippen LogP contribution in [-0.2, 0) is 19.1 Å². The molecule has 0 saturated carbocycles. The molecule has 0 aromatic carbocycles. The van der Waals surface area contributed by atoms with Crippen LogP contribution in [0.25, 0.3) is 0 Å². The lowest BCUT2D eigenvalue weighted by Gasteiger charge is -2.15. The highest BCUT2D eigenvalue weighted by molar-refractivity contribution is 5.70. The van der Waals surface area contributed by atoms with Gasteiger partial charge in [0.15, 0.2) is 6.10 Å². The number of aliphatic hydroxyl groups excluding tert-OH is 1. The molecule has 288 valence electrons. The summed E-state index contributed by atoms with van der Waals surface area (Å²) in [5.41, 5.74) is 0. The van der Waals surface area contributed by atoms with E-state index < -0.39 is 6.10 Å². The van der Waals surface area contributed by atoms with Crippen molar-refractivity contribution in [3.8, 4) is 0 Å². The summed E-state index contributed by atoms with van der Waals surface area (Å²) < 4.78 is 10.6. The van der Waals surface area contributed by atoms with E-state index in [0.717, 1.165) is 64.2 Å². The van der Waals surface area contributed by atoms with Gasteiger partial charge in [0.2, 0.25) is 0 Å². The Morgan fingerprint density at radius 3 is 1.36 bits per heavy atom. The zero-order valence-corrected chi connectivity index (χ0v) is 32.6. The van der Waals surface area contributed by atoms with Crippen molar-refractivity contribution in [2.24, 2.45) is 0 Å². The number of unbranched alkanes of at least 4 members (excludes halogenated alkanes) is 19. The minimum absolute atomic E-state index is 0.0843. The van der Waals surface area contributed by atoms with Crippen LogP contribution in [0.4, 0.5) is 0 Å². The Bertz CT molecular complexity index is 884. The van der Waals surface area contributed by atoms with Crippen molar-refractivity contribution in [1.82, 2.24) is 0 Å². The Hall–Kier alpha value is -2.40. The average Bonchev–Trinajstić information content (AvgIpc) is 3.12. The lowest BCUT2D eigenvalue weighted by molar-refractivity contribution is -0.161. The monoisotopic (exact) mass is 699 g/mol. The first kappa shape index (κ1) is 47.6. The second kappa shape index (κ2) is 41.0. The zero-order valence-electron chi connectivity index (χ0n) is 32.6. The van der Waals surface area contributed by atoms with Crippen LogP contribution in [0.15, 0.2) is 60.8 Å². The van der Waals surface area contributed by atoms with E-state index in [4.69, 9.17) is 9.47 Å². The fourth-order valence-electron chi connectivity index (χ4n) is 5.66. The third kappa shape index (κ3) is 38.4. The fraction of sp³-hybridized carbons (Fsp3) is 0.733. The van der Waals surface area contributed by atoms with E-state index in [1.54, 1.807) is 0 Å². The van der Waals surface area contributed by atoms with E-state index >= 15 is 0 Å². The second-order valence-electron chi connectivity index (χ2n) is 13.7. The van der Waals surface area contributed by atoms with Crippen LogP contribution in [0.1, 0.15) is 194 Å². The van der Waals surface area contributed by atoms with Crippen LogP contribution in [0.5, 0.6) is 0 Å². The molecule has 0 rings (SSSR count). The van der Waals surface area contributed by atoms with Crippen LogP contribution in [0.2, 0.25) is 0 Å². The summed E-state index contributed by atoms with van der Waals surface area (Å²) in [6, 6.07) is 0. The molecular weight excluding hydrogens is 620 g/mol. The maximum atomic E-state index is 12.2. The maximum absolute atomic E-state index is 12.2. The predicted molar refractivity (Wildman–Crippen MR) is 214 cm³/mol. The Morgan fingerprint density at radius 2 is 0.860 bits per heavy atom. The van der Waals surface area contributed by atoms with Gasteiger partial charge in [0.25, 0.3) is 0 Å². The molecular formula is C45H78O5. The van der Waals surface area contributed by atoms with Crippen molar-refractivity contribution < 1.29 is 24.2 Å². The molecule has 0 fully saturated rings. The standard InChI is InChI=1S/C45H78O5/c1-3-5-7-9-11-13-15-17-19-20-21-22-23-24-26-27-29-31-33-35-37-39-44(47)49-42-43(41-46)50-45(48)40-38-36-34-32-30-28-25-18-16-14-12-10-8-6-4-2/h6,8,12,14,17-19,25,30,32,43,46H,3-5,7,9-11,13,15-16,20-24,26-29,31,33-42H2,1-2H3/t43-/m0/s1. The van der Waals surface area contributed by atoms with Crippen molar-refractivity contribution in [2.75, 3.05) is 13.2 Å². The van der Waals surface area contributed by atoms with Gasteiger partial charge in [-0.25, -0.2) is 0 Å².